The minimum absolute atomic E-state index is 0.0191. The highest BCUT2D eigenvalue weighted by Crippen LogP contribution is 2.20. The topological polar surface area (TPSA) is 112 Å². The van der Waals surface area contributed by atoms with Crippen LogP contribution >= 0.6 is 11.3 Å². The van der Waals surface area contributed by atoms with E-state index in [0.29, 0.717) is 16.6 Å². The molecule has 0 saturated heterocycles. The van der Waals surface area contributed by atoms with Gasteiger partial charge in [0.15, 0.2) is 16.5 Å². The summed E-state index contributed by atoms with van der Waals surface area (Å²) in [4.78, 5) is 24.6. The molecule has 0 spiro atoms. The molecule has 0 fully saturated rings. The van der Waals surface area contributed by atoms with E-state index in [9.17, 15) is 13.2 Å². The number of carbonyl (C=O) groups excluding carboxylic acids is 1. The van der Waals surface area contributed by atoms with Crippen LogP contribution in [0.4, 0.5) is 0 Å². The number of ether oxygens (including phenoxy) is 2. The van der Waals surface area contributed by atoms with Crippen LogP contribution in [-0.4, -0.2) is 61.0 Å². The van der Waals surface area contributed by atoms with E-state index < -0.39 is 16.0 Å². The summed E-state index contributed by atoms with van der Waals surface area (Å²) in [5.41, 5.74) is 0.177. The highest BCUT2D eigenvalue weighted by atomic mass is 32.2. The third-order valence-electron chi connectivity index (χ3n) is 3.66. The summed E-state index contributed by atoms with van der Waals surface area (Å²) in [6.45, 7) is 0.135. The maximum atomic E-state index is 12.1. The van der Waals surface area contributed by atoms with Gasteiger partial charge in [0.2, 0.25) is 10.0 Å². The Bertz CT molecular complexity index is 1070. The zero-order chi connectivity index (χ0) is 20.9. The highest BCUT2D eigenvalue weighted by molar-refractivity contribution is 7.89. The van der Waals surface area contributed by atoms with Gasteiger partial charge in [-0.05, 0) is 30.3 Å². The molecule has 1 aromatic carbocycles. The fourth-order valence-corrected chi connectivity index (χ4v) is 3.80. The first-order valence-electron chi connectivity index (χ1n) is 8.43. The molecule has 152 valence electrons. The van der Waals surface area contributed by atoms with E-state index in [-0.39, 0.29) is 23.8 Å². The van der Waals surface area contributed by atoms with Crippen LogP contribution in [0.5, 0.6) is 5.75 Å². The van der Waals surface area contributed by atoms with E-state index in [2.05, 4.69) is 15.0 Å². The van der Waals surface area contributed by atoms with Crippen LogP contribution in [0.15, 0.2) is 53.0 Å². The van der Waals surface area contributed by atoms with Gasteiger partial charge in [0, 0.05) is 31.9 Å². The van der Waals surface area contributed by atoms with E-state index >= 15 is 0 Å². The minimum Gasteiger partial charge on any atom is -0.490 e. The van der Waals surface area contributed by atoms with Crippen molar-refractivity contribution in [3.63, 3.8) is 0 Å². The number of hydrogen-bond donors (Lipinski definition) is 0. The van der Waals surface area contributed by atoms with Gasteiger partial charge in [0.1, 0.15) is 19.0 Å². The zero-order valence-corrected chi connectivity index (χ0v) is 17.3. The Labute approximate surface area is 172 Å². The van der Waals surface area contributed by atoms with Gasteiger partial charge in [-0.2, -0.15) is 0 Å². The van der Waals surface area contributed by atoms with E-state index in [1.54, 1.807) is 36.0 Å². The second kappa shape index (κ2) is 9.07. The van der Waals surface area contributed by atoms with Crippen LogP contribution < -0.4 is 4.74 Å². The zero-order valence-electron chi connectivity index (χ0n) is 15.7. The van der Waals surface area contributed by atoms with E-state index in [4.69, 9.17) is 9.47 Å². The summed E-state index contributed by atoms with van der Waals surface area (Å²) in [6.07, 6.45) is 3.20. The lowest BCUT2D eigenvalue weighted by Gasteiger charge is -2.12. The van der Waals surface area contributed by atoms with Crippen molar-refractivity contribution >= 4 is 27.3 Å². The molecule has 0 aliphatic heterocycles. The van der Waals surface area contributed by atoms with Crippen molar-refractivity contribution in [2.24, 2.45) is 0 Å². The largest absolute Gasteiger partial charge is 0.490 e. The third kappa shape index (κ3) is 5.13. The maximum absolute atomic E-state index is 12.1. The number of hydrogen-bond acceptors (Lipinski definition) is 9. The van der Waals surface area contributed by atoms with Crippen molar-refractivity contribution in [3.05, 3.63) is 53.8 Å². The van der Waals surface area contributed by atoms with Crippen molar-refractivity contribution in [1.29, 1.82) is 0 Å². The van der Waals surface area contributed by atoms with Gasteiger partial charge in [-0.3, -0.25) is 0 Å². The van der Waals surface area contributed by atoms with Crippen LogP contribution in [-0.2, 0) is 14.8 Å². The Morgan fingerprint density at radius 3 is 2.45 bits per heavy atom. The van der Waals surface area contributed by atoms with Crippen molar-refractivity contribution in [2.75, 3.05) is 27.3 Å². The lowest BCUT2D eigenvalue weighted by Crippen LogP contribution is -2.22. The van der Waals surface area contributed by atoms with Gasteiger partial charge in [-0.1, -0.05) is 0 Å². The number of nitrogens with zero attached hydrogens (tertiary/aromatic N) is 4. The summed E-state index contributed by atoms with van der Waals surface area (Å²) < 4.78 is 35.8. The van der Waals surface area contributed by atoms with Crippen molar-refractivity contribution in [2.45, 2.75) is 4.90 Å². The number of sulfonamides is 1. The lowest BCUT2D eigenvalue weighted by atomic mass is 10.3. The fraction of sp³-hybridized carbons (Fsp3) is 0.222. The summed E-state index contributed by atoms with van der Waals surface area (Å²) >= 11 is 1.25. The molecule has 0 radical (unpaired) electrons. The van der Waals surface area contributed by atoms with Crippen molar-refractivity contribution in [1.82, 2.24) is 19.3 Å². The van der Waals surface area contributed by atoms with Gasteiger partial charge in [-0.15, -0.1) is 11.3 Å². The molecule has 11 heteroatoms. The average Bonchev–Trinajstić information content (AvgIpc) is 3.22. The van der Waals surface area contributed by atoms with Crippen LogP contribution in [0.1, 0.15) is 10.5 Å². The van der Waals surface area contributed by atoms with Gasteiger partial charge in [-0.25, -0.2) is 32.5 Å². The Hall–Kier alpha value is -2.89. The summed E-state index contributed by atoms with van der Waals surface area (Å²) in [6, 6.07) is 7.70. The van der Waals surface area contributed by atoms with E-state index in [1.807, 2.05) is 0 Å². The Balaban J connectivity index is 1.48. The van der Waals surface area contributed by atoms with E-state index in [0.717, 1.165) is 4.31 Å². The number of carbonyl (C=O) groups is 1. The smallest absolute Gasteiger partial charge is 0.357 e. The van der Waals surface area contributed by atoms with E-state index in [1.165, 1.54) is 37.6 Å². The molecule has 0 saturated carbocycles. The number of aromatic nitrogens is 3. The molecular weight excluding hydrogens is 416 g/mol. The molecule has 0 aliphatic carbocycles. The standard InChI is InChI=1S/C18H18N4O5S2/c1-22(2)29(24,25)14-6-4-13(5-7-14)26-10-11-27-18(23)15-12-28-17(21-15)16-19-8-3-9-20-16/h3-9,12H,10-11H2,1-2H3. The molecule has 29 heavy (non-hydrogen) atoms. The molecule has 2 aromatic heterocycles. The van der Waals surface area contributed by atoms with Crippen LogP contribution in [0.25, 0.3) is 10.8 Å². The quantitative estimate of drug-likeness (QED) is 0.391. The van der Waals surface area contributed by atoms with Crippen LogP contribution in [0.2, 0.25) is 0 Å². The van der Waals surface area contributed by atoms with Crippen LogP contribution in [0.3, 0.4) is 0 Å². The first-order valence-corrected chi connectivity index (χ1v) is 10.8. The molecule has 0 aliphatic rings. The lowest BCUT2D eigenvalue weighted by molar-refractivity contribution is 0.0444. The summed E-state index contributed by atoms with van der Waals surface area (Å²) in [7, 11) is -0.556. The van der Waals surface area contributed by atoms with Gasteiger partial charge in [0.05, 0.1) is 4.90 Å². The Morgan fingerprint density at radius 2 is 1.79 bits per heavy atom. The first kappa shape index (κ1) is 20.8. The molecule has 0 N–H and O–H groups in total. The predicted molar refractivity (Wildman–Crippen MR) is 106 cm³/mol. The molecule has 0 unspecified atom stereocenters. The normalized spacial score (nSPS) is 11.4. The number of thiazole rings is 1. The van der Waals surface area contributed by atoms with Crippen LogP contribution in [0, 0.1) is 0 Å². The molecule has 3 rings (SSSR count). The molecular formula is C18H18N4O5S2. The second-order valence-electron chi connectivity index (χ2n) is 5.85. The summed E-state index contributed by atoms with van der Waals surface area (Å²) in [5, 5.41) is 2.11. The number of rotatable bonds is 8. The number of esters is 1. The average molecular weight is 434 g/mol. The van der Waals surface area contributed by atoms with Crippen molar-refractivity contribution < 1.29 is 22.7 Å². The fourth-order valence-electron chi connectivity index (χ4n) is 2.17. The minimum atomic E-state index is -3.49. The maximum Gasteiger partial charge on any atom is 0.357 e. The monoisotopic (exact) mass is 434 g/mol. The summed E-state index contributed by atoms with van der Waals surface area (Å²) in [5.74, 6) is 0.343. The van der Waals surface area contributed by atoms with Crippen molar-refractivity contribution in [3.8, 4) is 16.6 Å². The molecule has 9 nitrogen and oxygen atoms in total. The Morgan fingerprint density at radius 1 is 1.10 bits per heavy atom. The predicted octanol–water partition coefficient (Wildman–Crippen LogP) is 2.09. The van der Waals surface area contributed by atoms with Gasteiger partial charge < -0.3 is 9.47 Å². The third-order valence-corrected chi connectivity index (χ3v) is 6.33. The van der Waals surface area contributed by atoms with Gasteiger partial charge in [0.25, 0.3) is 0 Å². The van der Waals surface area contributed by atoms with Gasteiger partial charge >= 0.3 is 5.97 Å². The number of benzene rings is 1. The first-order chi connectivity index (χ1) is 13.9. The molecule has 3 aromatic rings. The molecule has 0 atom stereocenters. The second-order valence-corrected chi connectivity index (χ2v) is 8.86. The molecule has 0 amide bonds. The Kier molecular flexibility index (Phi) is 6.52. The SMILES string of the molecule is CN(C)S(=O)(=O)c1ccc(OCCOC(=O)c2csc(-c3ncccn3)n2)cc1. The molecule has 2 heterocycles. The molecule has 0 bridgehead atoms. The highest BCUT2D eigenvalue weighted by Gasteiger charge is 2.17.